The molecule has 0 bridgehead atoms. The Morgan fingerprint density at radius 2 is 2.20 bits per heavy atom. The Bertz CT molecular complexity index is 302. The monoisotopic (exact) mass is 210 g/mol. The lowest BCUT2D eigenvalue weighted by atomic mass is 9.92. The number of rotatable bonds is 5. The molecule has 1 rings (SSSR count). The van der Waals surface area contributed by atoms with Crippen molar-refractivity contribution in [3.05, 3.63) is 18.2 Å². The molecule has 0 aliphatic rings. The fourth-order valence-electron chi connectivity index (χ4n) is 1.46. The Hall–Kier alpha value is -0.830. The number of aliphatic hydroxyl groups is 1. The Balaban J connectivity index is 2.75. The highest BCUT2D eigenvalue weighted by molar-refractivity contribution is 4.94. The van der Waals surface area contributed by atoms with E-state index in [9.17, 15) is 5.11 Å². The zero-order valence-corrected chi connectivity index (χ0v) is 10.2. The van der Waals surface area contributed by atoms with Gasteiger partial charge >= 0.3 is 0 Å². The van der Waals surface area contributed by atoms with Gasteiger partial charge in [-0.2, -0.15) is 0 Å². The summed E-state index contributed by atoms with van der Waals surface area (Å²) in [4.78, 5) is 4.30. The molecule has 1 atom stereocenters. The third-order valence-electron chi connectivity index (χ3n) is 3.01. The molecule has 3 nitrogen and oxygen atoms in total. The Kier molecular flexibility index (Phi) is 3.91. The Morgan fingerprint density at radius 1 is 1.53 bits per heavy atom. The molecular weight excluding hydrogens is 188 g/mol. The van der Waals surface area contributed by atoms with Crippen molar-refractivity contribution in [2.24, 2.45) is 5.92 Å². The van der Waals surface area contributed by atoms with Crippen LogP contribution in [0.5, 0.6) is 0 Å². The lowest BCUT2D eigenvalue weighted by Gasteiger charge is -2.28. The molecule has 1 aromatic heterocycles. The van der Waals surface area contributed by atoms with Crippen LogP contribution < -0.4 is 0 Å². The van der Waals surface area contributed by atoms with E-state index in [0.717, 1.165) is 18.7 Å². The molecule has 1 aromatic rings. The number of aryl methyl sites for hydroxylation is 1. The summed E-state index contributed by atoms with van der Waals surface area (Å²) in [5.41, 5.74) is -0.664. The van der Waals surface area contributed by atoms with Gasteiger partial charge in [0.25, 0.3) is 0 Å². The predicted molar refractivity (Wildman–Crippen MR) is 61.7 cm³/mol. The van der Waals surface area contributed by atoms with Gasteiger partial charge in [0.05, 0.1) is 12.1 Å². The minimum Gasteiger partial charge on any atom is -0.388 e. The van der Waals surface area contributed by atoms with E-state index in [2.05, 4.69) is 16.5 Å². The molecule has 0 spiro atoms. The van der Waals surface area contributed by atoms with Crippen molar-refractivity contribution in [3.63, 3.8) is 0 Å². The Labute approximate surface area is 92.1 Å². The molecule has 0 saturated heterocycles. The number of aromatic nitrogens is 2. The van der Waals surface area contributed by atoms with E-state index in [1.807, 2.05) is 27.0 Å². The molecule has 1 heterocycles. The van der Waals surface area contributed by atoms with Gasteiger partial charge < -0.3 is 9.67 Å². The fraction of sp³-hybridized carbons (Fsp3) is 0.750. The normalized spacial score (nSPS) is 15.6. The quantitative estimate of drug-likeness (QED) is 0.809. The van der Waals surface area contributed by atoms with E-state index in [-0.39, 0.29) is 5.92 Å². The van der Waals surface area contributed by atoms with Crippen LogP contribution in [0.4, 0.5) is 0 Å². The topological polar surface area (TPSA) is 38.0 Å². The molecule has 0 radical (unpaired) electrons. The van der Waals surface area contributed by atoms with Gasteiger partial charge in [-0.1, -0.05) is 20.8 Å². The summed E-state index contributed by atoms with van der Waals surface area (Å²) in [6.07, 6.45) is 5.81. The molecule has 15 heavy (non-hydrogen) atoms. The van der Waals surface area contributed by atoms with Gasteiger partial charge in [0, 0.05) is 18.8 Å². The zero-order chi connectivity index (χ0) is 11.5. The maximum absolute atomic E-state index is 10.2. The molecule has 3 heteroatoms. The highest BCUT2D eigenvalue weighted by Crippen LogP contribution is 2.19. The average molecular weight is 210 g/mol. The van der Waals surface area contributed by atoms with Gasteiger partial charge in [-0.25, -0.2) is 4.98 Å². The summed E-state index contributed by atoms with van der Waals surface area (Å²) < 4.78 is 2.06. The average Bonchev–Trinajstić information content (AvgIpc) is 2.52. The SMILES string of the molecule is CCCc1nccn1CC(C)(O)C(C)C. The zero-order valence-electron chi connectivity index (χ0n) is 10.2. The molecule has 0 aromatic carbocycles. The first-order valence-corrected chi connectivity index (χ1v) is 5.69. The van der Waals surface area contributed by atoms with E-state index in [4.69, 9.17) is 0 Å². The lowest BCUT2D eigenvalue weighted by molar-refractivity contribution is -0.00339. The van der Waals surface area contributed by atoms with E-state index in [1.165, 1.54) is 0 Å². The van der Waals surface area contributed by atoms with Crippen LogP contribution in [0.2, 0.25) is 0 Å². The third kappa shape index (κ3) is 3.06. The van der Waals surface area contributed by atoms with Crippen molar-refractivity contribution in [2.75, 3.05) is 0 Å². The van der Waals surface area contributed by atoms with Crippen LogP contribution >= 0.6 is 0 Å². The van der Waals surface area contributed by atoms with Crippen LogP contribution in [-0.4, -0.2) is 20.3 Å². The van der Waals surface area contributed by atoms with Crippen molar-refractivity contribution < 1.29 is 5.11 Å². The highest BCUT2D eigenvalue weighted by Gasteiger charge is 2.25. The second-order valence-electron chi connectivity index (χ2n) is 4.73. The summed E-state index contributed by atoms with van der Waals surface area (Å²) in [6.45, 7) is 8.72. The smallest absolute Gasteiger partial charge is 0.108 e. The third-order valence-corrected chi connectivity index (χ3v) is 3.01. The van der Waals surface area contributed by atoms with Crippen LogP contribution in [0.15, 0.2) is 12.4 Å². The van der Waals surface area contributed by atoms with Crippen molar-refractivity contribution in [2.45, 2.75) is 52.7 Å². The summed E-state index contributed by atoms with van der Waals surface area (Å²) in [7, 11) is 0. The van der Waals surface area contributed by atoms with Gasteiger partial charge in [0.2, 0.25) is 0 Å². The summed E-state index contributed by atoms with van der Waals surface area (Å²) >= 11 is 0. The van der Waals surface area contributed by atoms with Crippen molar-refractivity contribution >= 4 is 0 Å². The number of hydrogen-bond acceptors (Lipinski definition) is 2. The van der Waals surface area contributed by atoms with Crippen molar-refractivity contribution in [1.29, 1.82) is 0 Å². The molecule has 0 aliphatic heterocycles. The van der Waals surface area contributed by atoms with E-state index in [0.29, 0.717) is 6.54 Å². The molecule has 86 valence electrons. The van der Waals surface area contributed by atoms with Crippen LogP contribution in [0, 0.1) is 5.92 Å². The molecule has 0 saturated carbocycles. The van der Waals surface area contributed by atoms with E-state index < -0.39 is 5.60 Å². The number of imidazole rings is 1. The first-order valence-electron chi connectivity index (χ1n) is 5.69. The first kappa shape index (κ1) is 12.2. The first-order chi connectivity index (χ1) is 6.97. The van der Waals surface area contributed by atoms with Crippen LogP contribution in [0.1, 0.15) is 39.9 Å². The molecular formula is C12H22N2O. The van der Waals surface area contributed by atoms with Crippen LogP contribution in [-0.2, 0) is 13.0 Å². The van der Waals surface area contributed by atoms with Crippen molar-refractivity contribution in [3.8, 4) is 0 Å². The summed E-state index contributed by atoms with van der Waals surface area (Å²) in [6, 6.07) is 0. The minimum absolute atomic E-state index is 0.245. The van der Waals surface area contributed by atoms with Gasteiger partial charge in [-0.3, -0.25) is 0 Å². The fourth-order valence-corrected chi connectivity index (χ4v) is 1.46. The van der Waals surface area contributed by atoms with E-state index in [1.54, 1.807) is 6.20 Å². The van der Waals surface area contributed by atoms with Crippen molar-refractivity contribution in [1.82, 2.24) is 9.55 Å². The maximum Gasteiger partial charge on any atom is 0.108 e. The molecule has 0 amide bonds. The van der Waals surface area contributed by atoms with Gasteiger partial charge in [0.1, 0.15) is 5.82 Å². The second kappa shape index (κ2) is 4.79. The largest absolute Gasteiger partial charge is 0.388 e. The lowest BCUT2D eigenvalue weighted by Crippen LogP contribution is -2.36. The molecule has 0 fully saturated rings. The van der Waals surface area contributed by atoms with Gasteiger partial charge in [-0.15, -0.1) is 0 Å². The van der Waals surface area contributed by atoms with E-state index >= 15 is 0 Å². The van der Waals surface area contributed by atoms with Gasteiger partial charge in [-0.05, 0) is 19.3 Å². The maximum atomic E-state index is 10.2. The number of nitrogens with zero attached hydrogens (tertiary/aromatic N) is 2. The Morgan fingerprint density at radius 3 is 2.73 bits per heavy atom. The summed E-state index contributed by atoms with van der Waals surface area (Å²) in [5, 5.41) is 10.2. The highest BCUT2D eigenvalue weighted by atomic mass is 16.3. The molecule has 1 N–H and O–H groups in total. The standard InChI is InChI=1S/C12H22N2O/c1-5-6-11-13-7-8-14(11)9-12(4,15)10(2)3/h7-8,10,15H,5-6,9H2,1-4H3. The van der Waals surface area contributed by atoms with Gasteiger partial charge in [0.15, 0.2) is 0 Å². The molecule has 1 unspecified atom stereocenters. The molecule has 0 aliphatic carbocycles. The minimum atomic E-state index is -0.664. The number of hydrogen-bond donors (Lipinski definition) is 1. The second-order valence-corrected chi connectivity index (χ2v) is 4.73. The summed E-state index contributed by atoms with van der Waals surface area (Å²) in [5.74, 6) is 1.31. The predicted octanol–water partition coefficient (Wildman–Crippen LogP) is 2.24. The van der Waals surface area contributed by atoms with Crippen LogP contribution in [0.3, 0.4) is 0 Å². The van der Waals surface area contributed by atoms with Crippen LogP contribution in [0.25, 0.3) is 0 Å².